The topological polar surface area (TPSA) is 50.2 Å². The number of rotatable bonds is 5. The molecule has 0 aromatic carbocycles. The number of hydrogen-bond acceptors (Lipinski definition) is 3. The molecule has 1 N–H and O–H groups in total. The van der Waals surface area contributed by atoms with Crippen LogP contribution < -0.4 is 0 Å². The van der Waals surface area contributed by atoms with Crippen molar-refractivity contribution in [2.75, 3.05) is 5.75 Å². The lowest BCUT2D eigenvalue weighted by molar-refractivity contribution is 0.0696. The standard InChI is InChI=1S/C10H12ClNO2S/c1-2-3-4-15-9-5-7(10(13)14)8(11)6-12-9/h5-6H,2-4H2,1H3,(H,13,14). The number of nitrogens with zero attached hydrogens (tertiary/aromatic N) is 1. The normalized spacial score (nSPS) is 10.3. The Bertz CT molecular complexity index is 357. The van der Waals surface area contributed by atoms with E-state index in [1.807, 2.05) is 0 Å². The molecule has 5 heteroatoms. The van der Waals surface area contributed by atoms with Crippen molar-refractivity contribution in [3.05, 3.63) is 22.8 Å². The van der Waals surface area contributed by atoms with E-state index in [0.29, 0.717) is 5.03 Å². The maximum absolute atomic E-state index is 10.8. The van der Waals surface area contributed by atoms with E-state index in [0.717, 1.165) is 18.6 Å². The van der Waals surface area contributed by atoms with Gasteiger partial charge in [-0.1, -0.05) is 24.9 Å². The van der Waals surface area contributed by atoms with E-state index in [2.05, 4.69) is 11.9 Å². The molecular weight excluding hydrogens is 234 g/mol. The summed E-state index contributed by atoms with van der Waals surface area (Å²) in [5, 5.41) is 9.74. The van der Waals surface area contributed by atoms with Gasteiger partial charge in [0, 0.05) is 6.20 Å². The highest BCUT2D eigenvalue weighted by atomic mass is 35.5. The Labute approximate surface area is 97.9 Å². The number of halogens is 1. The second-order valence-electron chi connectivity index (χ2n) is 3.01. The maximum Gasteiger partial charge on any atom is 0.337 e. The Kier molecular flexibility index (Phi) is 4.91. The Balaban J connectivity index is 2.74. The Morgan fingerprint density at radius 1 is 1.67 bits per heavy atom. The molecule has 0 radical (unpaired) electrons. The molecule has 1 rings (SSSR count). The molecule has 0 spiro atoms. The van der Waals surface area contributed by atoms with Crippen LogP contribution in [0.3, 0.4) is 0 Å². The molecule has 0 aliphatic carbocycles. The first-order chi connectivity index (χ1) is 7.15. The van der Waals surface area contributed by atoms with E-state index in [9.17, 15) is 4.79 Å². The Morgan fingerprint density at radius 2 is 2.40 bits per heavy atom. The van der Waals surface area contributed by atoms with E-state index in [1.165, 1.54) is 12.3 Å². The van der Waals surface area contributed by atoms with Crippen LogP contribution in [0.1, 0.15) is 30.1 Å². The maximum atomic E-state index is 10.8. The summed E-state index contributed by atoms with van der Waals surface area (Å²) in [4.78, 5) is 14.8. The molecule has 0 amide bonds. The first-order valence-electron chi connectivity index (χ1n) is 4.66. The van der Waals surface area contributed by atoms with Crippen molar-refractivity contribution in [3.63, 3.8) is 0 Å². The average Bonchev–Trinajstić information content (AvgIpc) is 2.20. The number of aromatic carboxylic acids is 1. The van der Waals surface area contributed by atoms with Crippen molar-refractivity contribution in [1.29, 1.82) is 0 Å². The van der Waals surface area contributed by atoms with Gasteiger partial charge in [-0.3, -0.25) is 0 Å². The molecular formula is C10H12ClNO2S. The monoisotopic (exact) mass is 245 g/mol. The summed E-state index contributed by atoms with van der Waals surface area (Å²) < 4.78 is 0. The molecule has 0 saturated carbocycles. The number of hydrogen-bond donors (Lipinski definition) is 1. The summed E-state index contributed by atoms with van der Waals surface area (Å²) in [5.74, 6) is -0.0655. The summed E-state index contributed by atoms with van der Waals surface area (Å²) in [6.45, 7) is 2.11. The van der Waals surface area contributed by atoms with Gasteiger partial charge in [-0.2, -0.15) is 0 Å². The zero-order valence-corrected chi connectivity index (χ0v) is 9.94. The minimum Gasteiger partial charge on any atom is -0.478 e. The SMILES string of the molecule is CCCCSc1cc(C(=O)O)c(Cl)cn1. The molecule has 0 fully saturated rings. The first kappa shape index (κ1) is 12.3. The molecule has 0 saturated heterocycles. The Morgan fingerprint density at radius 3 is 3.00 bits per heavy atom. The van der Waals surface area contributed by atoms with Gasteiger partial charge in [0.2, 0.25) is 0 Å². The van der Waals surface area contributed by atoms with E-state index in [4.69, 9.17) is 16.7 Å². The summed E-state index contributed by atoms with van der Waals surface area (Å²) in [7, 11) is 0. The lowest BCUT2D eigenvalue weighted by Crippen LogP contribution is -1.98. The fourth-order valence-electron chi connectivity index (χ4n) is 0.983. The number of carboxylic acid groups (broad SMARTS) is 1. The molecule has 0 aliphatic heterocycles. The number of carboxylic acids is 1. The number of thioether (sulfide) groups is 1. The van der Waals surface area contributed by atoms with Gasteiger partial charge in [-0.25, -0.2) is 9.78 Å². The van der Waals surface area contributed by atoms with Gasteiger partial charge in [0.25, 0.3) is 0 Å². The third-order valence-corrected chi connectivity index (χ3v) is 3.12. The van der Waals surface area contributed by atoms with Gasteiger partial charge in [-0.05, 0) is 18.2 Å². The molecule has 15 heavy (non-hydrogen) atoms. The van der Waals surface area contributed by atoms with Crippen molar-refractivity contribution < 1.29 is 9.90 Å². The molecule has 0 bridgehead atoms. The average molecular weight is 246 g/mol. The van der Waals surface area contributed by atoms with E-state index in [-0.39, 0.29) is 10.6 Å². The van der Waals surface area contributed by atoms with Crippen LogP contribution in [0.2, 0.25) is 5.02 Å². The van der Waals surface area contributed by atoms with Crippen LogP contribution in [0.5, 0.6) is 0 Å². The van der Waals surface area contributed by atoms with Gasteiger partial charge >= 0.3 is 5.97 Å². The molecule has 0 atom stereocenters. The van der Waals surface area contributed by atoms with E-state index in [1.54, 1.807) is 11.8 Å². The highest BCUT2D eigenvalue weighted by Gasteiger charge is 2.10. The highest BCUT2D eigenvalue weighted by molar-refractivity contribution is 7.99. The number of unbranched alkanes of at least 4 members (excludes halogenated alkanes) is 1. The smallest absolute Gasteiger partial charge is 0.337 e. The Hall–Kier alpha value is -0.740. The van der Waals surface area contributed by atoms with Gasteiger partial charge in [0.15, 0.2) is 0 Å². The summed E-state index contributed by atoms with van der Waals surface area (Å²) in [6.07, 6.45) is 3.60. The second-order valence-corrected chi connectivity index (χ2v) is 4.53. The van der Waals surface area contributed by atoms with Crippen molar-refractivity contribution in [1.82, 2.24) is 4.98 Å². The lowest BCUT2D eigenvalue weighted by Gasteiger charge is -2.02. The third kappa shape index (κ3) is 3.72. The predicted octanol–water partition coefficient (Wildman–Crippen LogP) is 3.33. The lowest BCUT2D eigenvalue weighted by atomic mass is 10.3. The van der Waals surface area contributed by atoms with Gasteiger partial charge in [0.05, 0.1) is 15.6 Å². The zero-order chi connectivity index (χ0) is 11.3. The van der Waals surface area contributed by atoms with E-state index >= 15 is 0 Å². The van der Waals surface area contributed by atoms with Crippen molar-refractivity contribution in [2.24, 2.45) is 0 Å². The molecule has 0 aliphatic rings. The van der Waals surface area contributed by atoms with E-state index < -0.39 is 5.97 Å². The highest BCUT2D eigenvalue weighted by Crippen LogP contribution is 2.22. The predicted molar refractivity (Wildman–Crippen MR) is 61.8 cm³/mol. The molecule has 1 aromatic heterocycles. The number of pyridine rings is 1. The van der Waals surface area contributed by atoms with Crippen LogP contribution >= 0.6 is 23.4 Å². The fraction of sp³-hybridized carbons (Fsp3) is 0.400. The molecule has 3 nitrogen and oxygen atoms in total. The van der Waals surface area contributed by atoms with Gasteiger partial charge in [0.1, 0.15) is 0 Å². The fourth-order valence-corrected chi connectivity index (χ4v) is 2.14. The van der Waals surface area contributed by atoms with Crippen LogP contribution in [0.4, 0.5) is 0 Å². The van der Waals surface area contributed by atoms with Crippen LogP contribution in [-0.4, -0.2) is 21.8 Å². The first-order valence-corrected chi connectivity index (χ1v) is 6.03. The van der Waals surface area contributed by atoms with Crippen LogP contribution in [-0.2, 0) is 0 Å². The molecule has 82 valence electrons. The van der Waals surface area contributed by atoms with Crippen LogP contribution in [0, 0.1) is 0 Å². The third-order valence-electron chi connectivity index (χ3n) is 1.81. The second kappa shape index (κ2) is 5.98. The molecule has 1 aromatic rings. The minimum absolute atomic E-state index is 0.116. The number of aromatic nitrogens is 1. The van der Waals surface area contributed by atoms with Crippen LogP contribution in [0.25, 0.3) is 0 Å². The van der Waals surface area contributed by atoms with Crippen molar-refractivity contribution in [2.45, 2.75) is 24.8 Å². The summed E-state index contributed by atoms with van der Waals surface area (Å²) in [5.41, 5.74) is 0.116. The molecule has 1 heterocycles. The number of carbonyl (C=O) groups is 1. The van der Waals surface area contributed by atoms with Gasteiger partial charge < -0.3 is 5.11 Å². The minimum atomic E-state index is -1.01. The van der Waals surface area contributed by atoms with Gasteiger partial charge in [-0.15, -0.1) is 11.8 Å². The molecule has 0 unspecified atom stereocenters. The van der Waals surface area contributed by atoms with Crippen LogP contribution in [0.15, 0.2) is 17.3 Å². The van der Waals surface area contributed by atoms with Crippen molar-refractivity contribution >= 4 is 29.3 Å². The largest absolute Gasteiger partial charge is 0.478 e. The quantitative estimate of drug-likeness (QED) is 0.639. The summed E-state index contributed by atoms with van der Waals surface area (Å²) >= 11 is 7.25. The summed E-state index contributed by atoms with van der Waals surface area (Å²) in [6, 6.07) is 1.52. The zero-order valence-electron chi connectivity index (χ0n) is 8.36. The van der Waals surface area contributed by atoms with Crippen molar-refractivity contribution in [3.8, 4) is 0 Å².